The Morgan fingerprint density at radius 3 is 2.74 bits per heavy atom. The van der Waals surface area contributed by atoms with Gasteiger partial charge in [-0.25, -0.2) is 0 Å². The summed E-state index contributed by atoms with van der Waals surface area (Å²) < 4.78 is 1.70. The first-order valence-corrected chi connectivity index (χ1v) is 6.96. The van der Waals surface area contributed by atoms with E-state index in [1.54, 1.807) is 10.8 Å². The van der Waals surface area contributed by atoms with E-state index in [4.69, 9.17) is 0 Å². The fraction of sp³-hybridized carbons (Fsp3) is 0.538. The van der Waals surface area contributed by atoms with Gasteiger partial charge in [-0.1, -0.05) is 24.4 Å². The van der Waals surface area contributed by atoms with Crippen molar-refractivity contribution in [3.8, 4) is 0 Å². The molecule has 0 unspecified atom stereocenters. The molecule has 1 aliphatic rings. The molecule has 0 radical (unpaired) electrons. The summed E-state index contributed by atoms with van der Waals surface area (Å²) in [6.45, 7) is 0. The molecule has 6 nitrogen and oxygen atoms in total. The minimum Gasteiger partial charge on any atom is -0.259 e. The van der Waals surface area contributed by atoms with Crippen molar-refractivity contribution in [3.05, 3.63) is 18.5 Å². The Labute approximate surface area is 111 Å². The Morgan fingerprint density at radius 1 is 1.11 bits per heavy atom. The number of aromatic nitrogens is 4. The van der Waals surface area contributed by atoms with Crippen LogP contribution in [0.25, 0.3) is 5.65 Å². The Bertz CT molecular complexity index is 563. The van der Waals surface area contributed by atoms with Gasteiger partial charge in [0.15, 0.2) is 5.82 Å². The largest absolute Gasteiger partial charge is 0.325 e. The van der Waals surface area contributed by atoms with Crippen LogP contribution in [0.3, 0.4) is 0 Å². The van der Waals surface area contributed by atoms with Gasteiger partial charge in [-0.3, -0.25) is 5.43 Å². The molecule has 0 saturated heterocycles. The monoisotopic (exact) mass is 259 g/mol. The number of hydrogen-bond acceptors (Lipinski definition) is 4. The van der Waals surface area contributed by atoms with Crippen LogP contribution in [0.1, 0.15) is 44.9 Å². The number of H-pyrrole nitrogens is 1. The van der Waals surface area contributed by atoms with Crippen LogP contribution >= 0.6 is 0 Å². The van der Waals surface area contributed by atoms with E-state index in [9.17, 15) is 0 Å². The second kappa shape index (κ2) is 5.77. The van der Waals surface area contributed by atoms with E-state index in [0.717, 1.165) is 24.3 Å². The predicted octanol–water partition coefficient (Wildman–Crippen LogP) is 2.06. The van der Waals surface area contributed by atoms with Crippen LogP contribution in [0.2, 0.25) is 0 Å². The molecule has 2 aromatic heterocycles. The topological polar surface area (TPSA) is 70.1 Å². The van der Waals surface area contributed by atoms with Crippen molar-refractivity contribution in [2.24, 2.45) is 5.10 Å². The lowest BCUT2D eigenvalue weighted by Gasteiger charge is -2.10. The van der Waals surface area contributed by atoms with Crippen LogP contribution in [0, 0.1) is 0 Å². The van der Waals surface area contributed by atoms with Gasteiger partial charge in [0.05, 0.1) is 0 Å². The lowest BCUT2D eigenvalue weighted by Crippen LogP contribution is -2.24. The van der Waals surface area contributed by atoms with E-state index in [-0.39, 0.29) is 0 Å². The van der Waals surface area contributed by atoms with E-state index in [1.807, 2.05) is 12.1 Å². The Kier molecular flexibility index (Phi) is 3.67. The molecule has 1 fully saturated rings. The van der Waals surface area contributed by atoms with Crippen molar-refractivity contribution in [2.45, 2.75) is 44.9 Å². The molecular formula is C13H19N6+. The van der Waals surface area contributed by atoms with Crippen molar-refractivity contribution in [1.29, 1.82) is 0 Å². The number of anilines is 1. The number of hydrogen-bond donors (Lipinski definition) is 2. The van der Waals surface area contributed by atoms with Crippen LogP contribution in [-0.2, 0) is 0 Å². The van der Waals surface area contributed by atoms with Gasteiger partial charge in [-0.2, -0.15) is 5.10 Å². The van der Waals surface area contributed by atoms with Crippen molar-refractivity contribution in [2.75, 3.05) is 5.43 Å². The maximum Gasteiger partial charge on any atom is 0.325 e. The van der Waals surface area contributed by atoms with Crippen LogP contribution in [0.5, 0.6) is 0 Å². The van der Waals surface area contributed by atoms with Crippen molar-refractivity contribution >= 4 is 17.2 Å². The van der Waals surface area contributed by atoms with Gasteiger partial charge in [0.1, 0.15) is 0 Å². The van der Waals surface area contributed by atoms with Crippen molar-refractivity contribution in [3.63, 3.8) is 0 Å². The first-order valence-electron chi connectivity index (χ1n) is 6.96. The molecule has 1 aliphatic carbocycles. The molecule has 2 aromatic rings. The molecule has 0 amide bonds. The molecule has 0 aliphatic heterocycles. The second-order valence-electron chi connectivity index (χ2n) is 4.95. The average Bonchev–Trinajstić information content (AvgIpc) is 2.84. The molecule has 0 spiro atoms. The molecule has 0 bridgehead atoms. The average molecular weight is 259 g/mol. The first kappa shape index (κ1) is 12.1. The number of hydrazone groups is 1. The molecule has 1 saturated carbocycles. The molecule has 100 valence electrons. The maximum atomic E-state index is 4.51. The number of nitrogens with zero attached hydrogens (tertiary/aromatic N) is 4. The number of rotatable bonds is 2. The zero-order valence-corrected chi connectivity index (χ0v) is 11.0. The Morgan fingerprint density at radius 2 is 1.89 bits per heavy atom. The smallest absolute Gasteiger partial charge is 0.259 e. The van der Waals surface area contributed by atoms with Gasteiger partial charge in [-0.05, 0) is 31.7 Å². The summed E-state index contributed by atoms with van der Waals surface area (Å²) in [6.07, 6.45) is 10.5. The third-order valence-corrected chi connectivity index (χ3v) is 3.46. The van der Waals surface area contributed by atoms with Gasteiger partial charge in [0.2, 0.25) is 6.33 Å². The summed E-state index contributed by atoms with van der Waals surface area (Å²) in [7, 11) is 0. The lowest BCUT2D eigenvalue weighted by molar-refractivity contribution is -0.579. The molecule has 2 heterocycles. The Hall–Kier alpha value is -1.98. The van der Waals surface area contributed by atoms with Crippen molar-refractivity contribution in [1.82, 2.24) is 15.3 Å². The molecule has 0 aromatic carbocycles. The van der Waals surface area contributed by atoms with E-state index in [0.29, 0.717) is 0 Å². The second-order valence-corrected chi connectivity index (χ2v) is 4.95. The zero-order chi connectivity index (χ0) is 12.9. The van der Waals surface area contributed by atoms with E-state index < -0.39 is 0 Å². The number of aromatic amines is 1. The quantitative estimate of drug-likeness (QED) is 0.640. The highest BCUT2D eigenvalue weighted by molar-refractivity contribution is 5.85. The van der Waals surface area contributed by atoms with Crippen LogP contribution in [0.4, 0.5) is 5.82 Å². The minimum atomic E-state index is 0.744. The van der Waals surface area contributed by atoms with E-state index >= 15 is 0 Å². The summed E-state index contributed by atoms with van der Waals surface area (Å²) in [5.74, 6) is 0.744. The highest BCUT2D eigenvalue weighted by Gasteiger charge is 2.07. The molecule has 3 rings (SSSR count). The predicted molar refractivity (Wildman–Crippen MR) is 72.9 cm³/mol. The molecule has 0 atom stereocenters. The summed E-state index contributed by atoms with van der Waals surface area (Å²) in [5, 5.41) is 15.7. The van der Waals surface area contributed by atoms with Crippen molar-refractivity contribution < 1.29 is 4.52 Å². The SMILES string of the molecule is c1cc2n[nH]c[n+]2nc1NN=C1CCCCCCC1. The molecule has 2 N–H and O–H groups in total. The summed E-state index contributed by atoms with van der Waals surface area (Å²) >= 11 is 0. The summed E-state index contributed by atoms with van der Waals surface area (Å²) in [6, 6.07) is 3.80. The third kappa shape index (κ3) is 3.07. The molecule has 6 heteroatoms. The lowest BCUT2D eigenvalue weighted by atomic mass is 9.99. The zero-order valence-electron chi connectivity index (χ0n) is 11.0. The van der Waals surface area contributed by atoms with E-state index in [1.165, 1.54) is 37.8 Å². The van der Waals surface area contributed by atoms with Gasteiger partial charge in [-0.15, -0.1) is 9.61 Å². The third-order valence-electron chi connectivity index (χ3n) is 3.46. The number of fused-ring (bicyclic) bond motifs is 1. The van der Waals surface area contributed by atoms with Crippen LogP contribution < -0.4 is 9.94 Å². The highest BCUT2D eigenvalue weighted by Crippen LogP contribution is 2.15. The summed E-state index contributed by atoms with van der Waals surface area (Å²) in [4.78, 5) is 0. The normalized spacial score (nSPS) is 16.9. The highest BCUT2D eigenvalue weighted by atomic mass is 15.4. The van der Waals surface area contributed by atoms with Gasteiger partial charge in [0, 0.05) is 16.9 Å². The van der Waals surface area contributed by atoms with Gasteiger partial charge >= 0.3 is 5.65 Å². The minimum absolute atomic E-state index is 0.744. The molecular weight excluding hydrogens is 240 g/mol. The van der Waals surface area contributed by atoms with Gasteiger partial charge < -0.3 is 0 Å². The van der Waals surface area contributed by atoms with E-state index in [2.05, 4.69) is 25.8 Å². The van der Waals surface area contributed by atoms with Crippen LogP contribution in [-0.4, -0.2) is 21.0 Å². The Balaban J connectivity index is 1.69. The maximum absolute atomic E-state index is 4.51. The number of nitrogens with one attached hydrogen (secondary N) is 2. The standard InChI is InChI=1S/C13H18N6/c1-2-4-6-11(7-5-3-1)15-16-12-8-9-13-17-14-10-19(13)18-12/h8-10H,1-7H2,(H,16,18)/p+1. The van der Waals surface area contributed by atoms with Gasteiger partial charge in [0.25, 0.3) is 0 Å². The fourth-order valence-corrected chi connectivity index (χ4v) is 2.38. The molecule has 19 heavy (non-hydrogen) atoms. The van der Waals surface area contributed by atoms with Crippen LogP contribution in [0.15, 0.2) is 23.6 Å². The fourth-order valence-electron chi connectivity index (χ4n) is 2.38. The first-order chi connectivity index (χ1) is 9.42. The summed E-state index contributed by atoms with van der Waals surface area (Å²) in [5.41, 5.74) is 5.12.